The molecule has 5 nitrogen and oxygen atoms in total. The Labute approximate surface area is 283 Å². The number of ether oxygens (including phenoxy) is 1. The molecule has 7 rings (SSSR count). The summed E-state index contributed by atoms with van der Waals surface area (Å²) in [5, 5.41) is 2.20. The van der Waals surface area contributed by atoms with Gasteiger partial charge in [0.25, 0.3) is 0 Å². The predicted octanol–water partition coefficient (Wildman–Crippen LogP) is 9.73. The zero-order valence-corrected chi connectivity index (χ0v) is 28.5. The van der Waals surface area contributed by atoms with Gasteiger partial charge < -0.3 is 9.30 Å². The summed E-state index contributed by atoms with van der Waals surface area (Å²) >= 11 is 0. The minimum absolute atomic E-state index is 0. The van der Waals surface area contributed by atoms with Gasteiger partial charge in [0.2, 0.25) is 0 Å². The van der Waals surface area contributed by atoms with Crippen molar-refractivity contribution in [2.75, 3.05) is 0 Å². The normalized spacial score (nSPS) is 13.4. The number of hydrogen-bond acceptors (Lipinski definition) is 2. The maximum absolute atomic E-state index is 8.07. The second-order valence-corrected chi connectivity index (χ2v) is 13.4. The third-order valence-electron chi connectivity index (χ3n) is 8.18. The van der Waals surface area contributed by atoms with E-state index < -0.39 is 6.98 Å². The molecule has 0 radical (unpaired) electrons. The van der Waals surface area contributed by atoms with E-state index in [0.29, 0.717) is 22.7 Å². The van der Waals surface area contributed by atoms with Crippen LogP contribution < -0.4 is 4.74 Å². The number of nitrogens with zero attached hydrogens (tertiary/aromatic N) is 4. The van der Waals surface area contributed by atoms with Crippen molar-refractivity contribution in [1.82, 2.24) is 18.7 Å². The van der Waals surface area contributed by atoms with Crippen molar-refractivity contribution in [1.29, 1.82) is 0 Å². The molecule has 0 fully saturated rings. The molecular weight excluding hydrogens is 736 g/mol. The van der Waals surface area contributed by atoms with Crippen molar-refractivity contribution >= 4 is 32.8 Å². The fraction of sp³-hybridized carbons (Fsp3) is 0.231. The summed E-state index contributed by atoms with van der Waals surface area (Å²) < 4.78 is 36.2. The van der Waals surface area contributed by atoms with Crippen LogP contribution >= 0.6 is 0 Å². The topological polar surface area (TPSA) is 36.9 Å². The Kier molecular flexibility index (Phi) is 6.81. The molecule has 3 heterocycles. The van der Waals surface area contributed by atoms with Crippen LogP contribution in [0.5, 0.6) is 11.5 Å². The van der Waals surface area contributed by atoms with Gasteiger partial charge in [0.15, 0.2) is 17.4 Å². The van der Waals surface area contributed by atoms with Crippen LogP contribution in [0.2, 0.25) is 0 Å². The summed E-state index contributed by atoms with van der Waals surface area (Å²) in [7, 11) is 0. The fourth-order valence-corrected chi connectivity index (χ4v) is 5.85. The smallest absolute Gasteiger partial charge is 0.188 e. The molecular formula is C39H37N4OPt-. The summed E-state index contributed by atoms with van der Waals surface area (Å²) in [6.45, 7) is 10.8. The monoisotopic (exact) mass is 775 g/mol. The van der Waals surface area contributed by atoms with Gasteiger partial charge in [-0.05, 0) is 46.7 Å². The fourth-order valence-electron chi connectivity index (χ4n) is 5.85. The Hall–Kier alpha value is -4.21. The van der Waals surface area contributed by atoms with Gasteiger partial charge in [-0.3, -0.25) is 0 Å². The molecule has 3 aromatic heterocycles. The summed E-state index contributed by atoms with van der Waals surface area (Å²) in [6.07, 6.45) is 3.47. The number of rotatable bonds is 4. The Balaban J connectivity index is 0.00000401. The standard InChI is InChI=1S/C39H37N4O.Pt/c1-38(2,3)26-19-20-40-37(21-26)43-32-16-9-8-15-29(32)30-23-31(39(4,5)6)36(24-35(30)43)44-28-14-12-13-27(22-28)42-25-41(7)33-17-10-11-18-34(33)42;/h8-21,23,25H,1-7H3;/q-1;/i7D3;. The molecule has 0 amide bonds. The van der Waals surface area contributed by atoms with Gasteiger partial charge in [-0.25, -0.2) is 14.1 Å². The number of hydrogen-bond donors (Lipinski definition) is 0. The zero-order chi connectivity index (χ0) is 33.3. The molecule has 0 aliphatic heterocycles. The minimum atomic E-state index is -2.33. The molecule has 7 aromatic rings. The molecule has 0 atom stereocenters. The van der Waals surface area contributed by atoms with E-state index in [1.165, 1.54) is 10.1 Å². The van der Waals surface area contributed by atoms with Gasteiger partial charge in [0.05, 0.1) is 0 Å². The Bertz CT molecular complexity index is 2310. The number of aryl methyl sites for hydroxylation is 1. The minimum Gasteiger partial charge on any atom is -0.508 e. The number of imidazole rings is 1. The van der Waals surface area contributed by atoms with Crippen LogP contribution in [0.1, 0.15) is 56.8 Å². The molecule has 0 saturated heterocycles. The van der Waals surface area contributed by atoms with E-state index in [1.54, 1.807) is 6.33 Å². The third kappa shape index (κ3) is 5.48. The van der Waals surface area contributed by atoms with E-state index in [1.807, 2.05) is 53.2 Å². The second kappa shape index (κ2) is 11.3. The molecule has 0 spiro atoms. The van der Waals surface area contributed by atoms with E-state index in [4.69, 9.17) is 13.8 Å². The van der Waals surface area contributed by atoms with E-state index in [0.717, 1.165) is 38.7 Å². The average Bonchev–Trinajstić information content (AvgIpc) is 3.56. The molecule has 4 aromatic carbocycles. The van der Waals surface area contributed by atoms with E-state index in [9.17, 15) is 0 Å². The first kappa shape index (κ1) is 27.1. The van der Waals surface area contributed by atoms with Crippen LogP contribution in [0, 0.1) is 12.1 Å². The van der Waals surface area contributed by atoms with Gasteiger partial charge in [0.1, 0.15) is 5.82 Å². The van der Waals surface area contributed by atoms with E-state index in [2.05, 4.69) is 101 Å². The second-order valence-electron chi connectivity index (χ2n) is 13.4. The third-order valence-corrected chi connectivity index (χ3v) is 8.18. The Morgan fingerprint density at radius 3 is 2.24 bits per heavy atom. The molecule has 0 N–H and O–H groups in total. The van der Waals surface area contributed by atoms with Crippen molar-refractivity contribution in [3.05, 3.63) is 121 Å². The number of pyridine rings is 1. The van der Waals surface area contributed by atoms with Gasteiger partial charge in [-0.2, -0.15) is 12.1 Å². The summed E-state index contributed by atoms with van der Waals surface area (Å²) in [5.74, 6) is 1.92. The average molecular weight is 776 g/mol. The van der Waals surface area contributed by atoms with E-state index in [-0.39, 0.29) is 31.9 Å². The number of fused-ring (bicyclic) bond motifs is 4. The van der Waals surface area contributed by atoms with Gasteiger partial charge in [-0.15, -0.1) is 29.1 Å². The molecule has 0 aliphatic carbocycles. The predicted molar refractivity (Wildman–Crippen MR) is 180 cm³/mol. The number of benzene rings is 4. The Morgan fingerprint density at radius 1 is 0.778 bits per heavy atom. The van der Waals surface area contributed by atoms with Gasteiger partial charge in [0, 0.05) is 73.2 Å². The van der Waals surface area contributed by atoms with Crippen LogP contribution in [-0.4, -0.2) is 18.7 Å². The van der Waals surface area contributed by atoms with Crippen molar-refractivity contribution in [3.63, 3.8) is 0 Å². The maximum atomic E-state index is 8.07. The van der Waals surface area contributed by atoms with Crippen LogP contribution in [0.15, 0.2) is 97.5 Å². The van der Waals surface area contributed by atoms with Crippen molar-refractivity contribution in [2.24, 2.45) is 6.98 Å². The summed E-state index contributed by atoms with van der Waals surface area (Å²) in [6, 6.07) is 35.0. The Morgan fingerprint density at radius 2 is 1.51 bits per heavy atom. The molecule has 0 aliphatic rings. The summed E-state index contributed by atoms with van der Waals surface area (Å²) in [4.78, 5) is 4.82. The first-order chi connectivity index (χ1) is 22.2. The first-order valence-electron chi connectivity index (χ1n) is 16.4. The quantitative estimate of drug-likeness (QED) is 0.167. The molecule has 0 unspecified atom stereocenters. The molecule has 6 heteroatoms. The SMILES string of the molecule is [2H]C([2H])([2H])n1[cH+]n(-c2[c-]c(Oc3[c-]c4c(cc3C(C)(C)C)c3ccccc3n4-c3cc(C(C)(C)C)ccn3)ccc2)c2ccccc21.[Pt]. The summed E-state index contributed by atoms with van der Waals surface area (Å²) in [5.41, 5.74) is 5.86. The maximum Gasteiger partial charge on any atom is 0.188 e. The molecule has 230 valence electrons. The number of para-hydroxylation sites is 3. The van der Waals surface area contributed by atoms with Crippen molar-refractivity contribution in [3.8, 4) is 23.0 Å². The van der Waals surface area contributed by atoms with Crippen molar-refractivity contribution in [2.45, 2.75) is 52.4 Å². The van der Waals surface area contributed by atoms with E-state index >= 15 is 0 Å². The van der Waals surface area contributed by atoms with Crippen LogP contribution in [0.3, 0.4) is 0 Å². The van der Waals surface area contributed by atoms with Gasteiger partial charge >= 0.3 is 0 Å². The van der Waals surface area contributed by atoms with Crippen LogP contribution in [0.4, 0.5) is 0 Å². The zero-order valence-electron chi connectivity index (χ0n) is 29.3. The number of aromatic nitrogens is 4. The van der Waals surface area contributed by atoms with Crippen LogP contribution in [-0.2, 0) is 38.9 Å². The largest absolute Gasteiger partial charge is 0.508 e. The van der Waals surface area contributed by atoms with Crippen molar-refractivity contribution < 1.29 is 29.9 Å². The van der Waals surface area contributed by atoms with Crippen LogP contribution in [0.25, 0.3) is 44.3 Å². The first-order valence-corrected chi connectivity index (χ1v) is 14.9. The molecule has 0 bridgehead atoms. The molecule has 0 saturated carbocycles. The molecule has 45 heavy (non-hydrogen) atoms. The van der Waals surface area contributed by atoms with Gasteiger partial charge in [-0.1, -0.05) is 76.7 Å².